The predicted molar refractivity (Wildman–Crippen MR) is 175 cm³/mol. The molecule has 1 saturated heterocycles. The summed E-state index contributed by atoms with van der Waals surface area (Å²) >= 11 is 8.04. The zero-order chi connectivity index (χ0) is 29.7. The van der Waals surface area contributed by atoms with Crippen molar-refractivity contribution < 1.29 is 9.53 Å². The summed E-state index contributed by atoms with van der Waals surface area (Å²) in [4.78, 5) is 26.6. The van der Waals surface area contributed by atoms with E-state index in [1.165, 1.54) is 22.9 Å². The first-order valence-electron chi connectivity index (χ1n) is 14.8. The second kappa shape index (κ2) is 16.4. The fourth-order valence-electron chi connectivity index (χ4n) is 4.93. The molecule has 4 aromatic rings. The van der Waals surface area contributed by atoms with Crippen molar-refractivity contribution in [2.45, 2.75) is 30.3 Å². The number of nitrogens with zero attached hydrogens (tertiary/aromatic N) is 4. The molecule has 3 aromatic carbocycles. The van der Waals surface area contributed by atoms with Gasteiger partial charge < -0.3 is 15.0 Å². The lowest BCUT2D eigenvalue weighted by Crippen LogP contribution is -2.38. The maximum atomic E-state index is 12.6. The van der Waals surface area contributed by atoms with Crippen LogP contribution in [0.4, 0.5) is 5.82 Å². The minimum Gasteiger partial charge on any atom is -0.379 e. The van der Waals surface area contributed by atoms with Gasteiger partial charge in [-0.3, -0.25) is 9.69 Å². The first kappa shape index (κ1) is 31.0. The molecule has 1 aliphatic heterocycles. The van der Waals surface area contributed by atoms with Crippen molar-refractivity contribution in [3.8, 4) is 0 Å². The Morgan fingerprint density at radius 1 is 0.907 bits per heavy atom. The van der Waals surface area contributed by atoms with Crippen molar-refractivity contribution in [2.24, 2.45) is 0 Å². The van der Waals surface area contributed by atoms with Crippen molar-refractivity contribution in [3.05, 3.63) is 118 Å². The zero-order valence-corrected chi connectivity index (χ0v) is 25.9. The SMILES string of the molecule is O=C(NCCCN1CCOCC1)c1ccc(CSc2nc(Cl)cc(N(CCc3ccccc3)Cc3ccccc3)n2)cc1. The number of amides is 1. The van der Waals surface area contributed by atoms with Crippen LogP contribution in [0.25, 0.3) is 0 Å². The maximum absolute atomic E-state index is 12.6. The number of hydrogen-bond acceptors (Lipinski definition) is 7. The van der Waals surface area contributed by atoms with Crippen molar-refractivity contribution >= 4 is 35.1 Å². The van der Waals surface area contributed by atoms with E-state index in [2.05, 4.69) is 68.6 Å². The fourth-order valence-corrected chi connectivity index (χ4v) is 5.97. The van der Waals surface area contributed by atoms with E-state index in [0.717, 1.165) is 70.2 Å². The molecule has 0 radical (unpaired) electrons. The van der Waals surface area contributed by atoms with Crippen LogP contribution in [0.3, 0.4) is 0 Å². The molecule has 5 rings (SSSR count). The number of benzene rings is 3. The van der Waals surface area contributed by atoms with Gasteiger partial charge >= 0.3 is 0 Å². The van der Waals surface area contributed by atoms with Gasteiger partial charge in [0.1, 0.15) is 11.0 Å². The Labute approximate surface area is 263 Å². The minimum absolute atomic E-state index is 0.0435. The lowest BCUT2D eigenvalue weighted by atomic mass is 10.1. The molecule has 0 atom stereocenters. The molecule has 1 amide bonds. The fraction of sp³-hybridized carbons (Fsp3) is 0.324. The van der Waals surface area contributed by atoms with Crippen molar-refractivity contribution in [1.29, 1.82) is 0 Å². The highest BCUT2D eigenvalue weighted by Gasteiger charge is 2.14. The maximum Gasteiger partial charge on any atom is 0.251 e. The highest BCUT2D eigenvalue weighted by molar-refractivity contribution is 7.98. The van der Waals surface area contributed by atoms with E-state index in [-0.39, 0.29) is 5.91 Å². The Bertz CT molecular complexity index is 1420. The van der Waals surface area contributed by atoms with Gasteiger partial charge in [-0.2, -0.15) is 0 Å². The number of nitrogens with one attached hydrogen (secondary N) is 1. The summed E-state index contributed by atoms with van der Waals surface area (Å²) in [6, 6.07) is 30.4. The normalized spacial score (nSPS) is 13.5. The van der Waals surface area contributed by atoms with Crippen LogP contribution in [0, 0.1) is 0 Å². The lowest BCUT2D eigenvalue weighted by molar-refractivity contribution is 0.0374. The highest BCUT2D eigenvalue weighted by atomic mass is 35.5. The quantitative estimate of drug-likeness (QED) is 0.0793. The van der Waals surface area contributed by atoms with Crippen molar-refractivity contribution in [2.75, 3.05) is 50.8 Å². The summed E-state index contributed by atoms with van der Waals surface area (Å²) < 4.78 is 5.39. The third kappa shape index (κ3) is 10.1. The van der Waals surface area contributed by atoms with Gasteiger partial charge in [-0.1, -0.05) is 96.2 Å². The number of aromatic nitrogens is 2. The molecule has 2 heterocycles. The Hall–Kier alpha value is -3.43. The number of rotatable bonds is 14. The van der Waals surface area contributed by atoms with Gasteiger partial charge in [0, 0.05) is 50.1 Å². The van der Waals surface area contributed by atoms with Gasteiger partial charge in [-0.25, -0.2) is 9.97 Å². The van der Waals surface area contributed by atoms with Crippen molar-refractivity contribution in [3.63, 3.8) is 0 Å². The van der Waals surface area contributed by atoms with Gasteiger partial charge in [0.2, 0.25) is 0 Å². The van der Waals surface area contributed by atoms with E-state index in [1.54, 1.807) is 0 Å². The van der Waals surface area contributed by atoms with Gasteiger partial charge in [-0.15, -0.1) is 0 Å². The van der Waals surface area contributed by atoms with Gasteiger partial charge in [-0.05, 0) is 48.2 Å². The number of morpholine rings is 1. The Balaban J connectivity index is 1.16. The first-order chi connectivity index (χ1) is 21.1. The van der Waals surface area contributed by atoms with E-state index in [1.807, 2.05) is 42.5 Å². The second-order valence-corrected chi connectivity index (χ2v) is 11.9. The minimum atomic E-state index is -0.0435. The molecule has 0 spiro atoms. The van der Waals surface area contributed by atoms with Crippen LogP contribution in [-0.2, 0) is 23.5 Å². The summed E-state index contributed by atoms with van der Waals surface area (Å²) in [6.07, 6.45) is 1.82. The predicted octanol–water partition coefficient (Wildman–Crippen LogP) is 6.12. The number of ether oxygens (including phenoxy) is 1. The van der Waals surface area contributed by atoms with E-state index in [9.17, 15) is 4.79 Å². The molecule has 0 aliphatic carbocycles. The molecule has 224 valence electrons. The average Bonchev–Trinajstić information content (AvgIpc) is 3.05. The number of carbonyl (C=O) groups excluding carboxylic acids is 1. The van der Waals surface area contributed by atoms with E-state index in [0.29, 0.717) is 28.2 Å². The smallest absolute Gasteiger partial charge is 0.251 e. The molecular weight excluding hydrogens is 578 g/mol. The van der Waals surface area contributed by atoms with Crippen LogP contribution in [-0.4, -0.2) is 66.7 Å². The summed E-state index contributed by atoms with van der Waals surface area (Å²) in [7, 11) is 0. The van der Waals surface area contributed by atoms with Gasteiger partial charge in [0.05, 0.1) is 13.2 Å². The average molecular weight is 616 g/mol. The molecular formula is C34H38ClN5O2S. The van der Waals surface area contributed by atoms with Gasteiger partial charge in [0.25, 0.3) is 5.91 Å². The molecule has 7 nitrogen and oxygen atoms in total. The Morgan fingerprint density at radius 3 is 2.33 bits per heavy atom. The summed E-state index contributed by atoms with van der Waals surface area (Å²) in [5.74, 6) is 1.44. The number of carbonyl (C=O) groups is 1. The van der Waals surface area contributed by atoms with E-state index in [4.69, 9.17) is 21.3 Å². The number of halogens is 1. The third-order valence-electron chi connectivity index (χ3n) is 7.34. The number of anilines is 1. The number of hydrogen-bond donors (Lipinski definition) is 1. The number of thioether (sulfide) groups is 1. The van der Waals surface area contributed by atoms with Crippen LogP contribution in [0.15, 0.2) is 96.2 Å². The molecule has 1 fully saturated rings. The standard InChI is InChI=1S/C34H38ClN5O2S/c35-31-24-32(40(25-28-10-5-2-6-11-28)19-16-27-8-3-1-4-9-27)38-34(37-31)43-26-29-12-14-30(15-13-29)33(41)36-17-7-18-39-20-22-42-23-21-39/h1-6,8-15,24H,7,16-23,25-26H2,(H,36,41). The second-order valence-electron chi connectivity index (χ2n) is 10.5. The van der Waals surface area contributed by atoms with Crippen molar-refractivity contribution in [1.82, 2.24) is 20.2 Å². The van der Waals surface area contributed by atoms with Crippen LogP contribution in [0.5, 0.6) is 0 Å². The van der Waals surface area contributed by atoms with E-state index < -0.39 is 0 Å². The largest absolute Gasteiger partial charge is 0.379 e. The molecule has 1 aliphatic rings. The third-order valence-corrected chi connectivity index (χ3v) is 8.45. The first-order valence-corrected chi connectivity index (χ1v) is 16.2. The molecule has 9 heteroatoms. The van der Waals surface area contributed by atoms with Crippen LogP contribution >= 0.6 is 23.4 Å². The van der Waals surface area contributed by atoms with E-state index >= 15 is 0 Å². The molecule has 1 aromatic heterocycles. The lowest BCUT2D eigenvalue weighted by Gasteiger charge is -2.26. The molecule has 43 heavy (non-hydrogen) atoms. The van der Waals surface area contributed by atoms with Crippen LogP contribution in [0.1, 0.15) is 33.5 Å². The van der Waals surface area contributed by atoms with Gasteiger partial charge in [0.15, 0.2) is 5.16 Å². The topological polar surface area (TPSA) is 70.6 Å². The summed E-state index contributed by atoms with van der Waals surface area (Å²) in [5, 5.41) is 4.08. The zero-order valence-electron chi connectivity index (χ0n) is 24.3. The molecule has 1 N–H and O–H groups in total. The Kier molecular flexibility index (Phi) is 11.8. The summed E-state index contributed by atoms with van der Waals surface area (Å²) in [5.41, 5.74) is 4.24. The molecule has 0 bridgehead atoms. The monoisotopic (exact) mass is 615 g/mol. The molecule has 0 saturated carbocycles. The molecule has 0 unspecified atom stereocenters. The summed E-state index contributed by atoms with van der Waals surface area (Å²) in [6.45, 7) is 6.68. The highest BCUT2D eigenvalue weighted by Crippen LogP contribution is 2.26. The van der Waals surface area contributed by atoms with Crippen LogP contribution < -0.4 is 10.2 Å². The Morgan fingerprint density at radius 2 is 1.60 bits per heavy atom. The van der Waals surface area contributed by atoms with Crippen LogP contribution in [0.2, 0.25) is 5.15 Å².